The quantitative estimate of drug-likeness (QED) is 0.369. The molecule has 6 nitrogen and oxygen atoms in total. The number of aliphatic hydroxyl groups is 2. The van der Waals surface area contributed by atoms with E-state index in [1.54, 1.807) is 7.11 Å². The standard InChI is InChI=1S/C14H26O6/c1-11(16)20-9-13-5-4-12(8-15)14(13,17)6-3-7-19-10-18-2/h12-13,15,17H,3-10H2,1-2H3/t12-,13+,14-/m1/s1. The highest BCUT2D eigenvalue weighted by molar-refractivity contribution is 5.65. The molecular weight excluding hydrogens is 264 g/mol. The third-order valence-corrected chi connectivity index (χ3v) is 4.05. The van der Waals surface area contributed by atoms with Crippen LogP contribution >= 0.6 is 0 Å². The molecule has 1 rings (SSSR count). The Kier molecular flexibility index (Phi) is 7.43. The molecule has 0 heterocycles. The van der Waals surface area contributed by atoms with Gasteiger partial charge in [0.25, 0.3) is 0 Å². The molecule has 0 aromatic carbocycles. The summed E-state index contributed by atoms with van der Waals surface area (Å²) in [6.45, 7) is 2.25. The summed E-state index contributed by atoms with van der Waals surface area (Å²) in [6.07, 6.45) is 2.70. The van der Waals surface area contributed by atoms with Crippen LogP contribution in [0.25, 0.3) is 0 Å². The highest BCUT2D eigenvalue weighted by atomic mass is 16.7. The van der Waals surface area contributed by atoms with Crippen LogP contribution in [0.4, 0.5) is 0 Å². The summed E-state index contributed by atoms with van der Waals surface area (Å²) in [5, 5.41) is 20.3. The van der Waals surface area contributed by atoms with Gasteiger partial charge in [-0.15, -0.1) is 0 Å². The summed E-state index contributed by atoms with van der Waals surface area (Å²) >= 11 is 0. The van der Waals surface area contributed by atoms with Gasteiger partial charge in [-0.1, -0.05) is 0 Å². The lowest BCUT2D eigenvalue weighted by Crippen LogP contribution is -2.43. The molecule has 0 spiro atoms. The van der Waals surface area contributed by atoms with Crippen molar-refractivity contribution in [3.05, 3.63) is 0 Å². The van der Waals surface area contributed by atoms with Crippen LogP contribution in [0, 0.1) is 11.8 Å². The van der Waals surface area contributed by atoms with E-state index in [0.717, 1.165) is 12.8 Å². The summed E-state index contributed by atoms with van der Waals surface area (Å²) in [4.78, 5) is 10.9. The molecule has 118 valence electrons. The molecule has 0 radical (unpaired) electrons. The third kappa shape index (κ3) is 4.70. The number of methoxy groups -OCH3 is 1. The third-order valence-electron chi connectivity index (χ3n) is 4.05. The minimum atomic E-state index is -0.985. The van der Waals surface area contributed by atoms with Crippen molar-refractivity contribution in [2.75, 3.05) is 33.7 Å². The molecule has 0 aliphatic heterocycles. The minimum Gasteiger partial charge on any atom is -0.465 e. The maximum absolute atomic E-state index is 10.9. The average Bonchev–Trinajstić information content (AvgIpc) is 2.72. The first-order chi connectivity index (χ1) is 9.54. The number of ether oxygens (including phenoxy) is 3. The molecule has 2 N–H and O–H groups in total. The lowest BCUT2D eigenvalue weighted by molar-refractivity contribution is -0.147. The molecule has 1 aliphatic carbocycles. The zero-order chi connectivity index (χ0) is 15.0. The van der Waals surface area contributed by atoms with Crippen molar-refractivity contribution < 1.29 is 29.2 Å². The number of hydrogen-bond acceptors (Lipinski definition) is 6. The zero-order valence-electron chi connectivity index (χ0n) is 12.3. The first kappa shape index (κ1) is 17.4. The molecule has 0 unspecified atom stereocenters. The fourth-order valence-electron chi connectivity index (χ4n) is 2.94. The number of aliphatic hydroxyl groups excluding tert-OH is 1. The first-order valence-corrected chi connectivity index (χ1v) is 7.07. The van der Waals surface area contributed by atoms with Gasteiger partial charge in [0.1, 0.15) is 6.79 Å². The van der Waals surface area contributed by atoms with Crippen molar-refractivity contribution in [2.24, 2.45) is 11.8 Å². The fraction of sp³-hybridized carbons (Fsp3) is 0.929. The summed E-state index contributed by atoms with van der Waals surface area (Å²) in [5.41, 5.74) is -0.985. The van der Waals surface area contributed by atoms with Crippen LogP contribution in [0.1, 0.15) is 32.6 Å². The molecule has 3 atom stereocenters. The number of hydrogen-bond donors (Lipinski definition) is 2. The van der Waals surface area contributed by atoms with Crippen LogP contribution in [0.3, 0.4) is 0 Å². The lowest BCUT2D eigenvalue weighted by atomic mass is 9.81. The van der Waals surface area contributed by atoms with Crippen molar-refractivity contribution in [3.63, 3.8) is 0 Å². The molecule has 0 aromatic heterocycles. The molecule has 1 saturated carbocycles. The number of rotatable bonds is 9. The van der Waals surface area contributed by atoms with Gasteiger partial charge in [-0.3, -0.25) is 4.79 Å². The maximum atomic E-state index is 10.9. The highest BCUT2D eigenvalue weighted by Gasteiger charge is 2.48. The smallest absolute Gasteiger partial charge is 0.302 e. The molecule has 1 aliphatic rings. The van der Waals surface area contributed by atoms with E-state index in [4.69, 9.17) is 14.2 Å². The van der Waals surface area contributed by atoms with Crippen molar-refractivity contribution in [3.8, 4) is 0 Å². The monoisotopic (exact) mass is 290 g/mol. The molecule has 0 aromatic rings. The summed E-state index contributed by atoms with van der Waals surface area (Å²) in [7, 11) is 1.56. The van der Waals surface area contributed by atoms with Gasteiger partial charge in [0.15, 0.2) is 0 Å². The highest BCUT2D eigenvalue weighted by Crippen LogP contribution is 2.43. The van der Waals surface area contributed by atoms with Crippen molar-refractivity contribution >= 4 is 5.97 Å². The largest absolute Gasteiger partial charge is 0.465 e. The van der Waals surface area contributed by atoms with E-state index in [-0.39, 0.29) is 37.8 Å². The summed E-state index contributed by atoms with van der Waals surface area (Å²) in [5.74, 6) is -0.625. The van der Waals surface area contributed by atoms with Gasteiger partial charge < -0.3 is 24.4 Å². The van der Waals surface area contributed by atoms with E-state index in [1.165, 1.54) is 6.92 Å². The Morgan fingerprint density at radius 1 is 1.35 bits per heavy atom. The number of carbonyl (C=O) groups excluding carboxylic acids is 1. The van der Waals surface area contributed by atoms with Crippen molar-refractivity contribution in [1.29, 1.82) is 0 Å². The van der Waals surface area contributed by atoms with E-state index in [2.05, 4.69) is 0 Å². The molecule has 6 heteroatoms. The Morgan fingerprint density at radius 3 is 2.65 bits per heavy atom. The molecule has 0 amide bonds. The van der Waals surface area contributed by atoms with Crippen LogP contribution in [-0.2, 0) is 19.0 Å². The molecular formula is C14H26O6. The Hall–Kier alpha value is -0.690. The van der Waals surface area contributed by atoms with E-state index in [1.807, 2.05) is 0 Å². The Balaban J connectivity index is 2.49. The summed E-state index contributed by atoms with van der Waals surface area (Å²) < 4.78 is 15.0. The second-order valence-electron chi connectivity index (χ2n) is 5.37. The topological polar surface area (TPSA) is 85.2 Å². The van der Waals surface area contributed by atoms with Gasteiger partial charge in [-0.25, -0.2) is 0 Å². The van der Waals surface area contributed by atoms with Crippen molar-refractivity contribution in [1.82, 2.24) is 0 Å². The Morgan fingerprint density at radius 2 is 2.05 bits per heavy atom. The predicted molar refractivity (Wildman–Crippen MR) is 71.9 cm³/mol. The van der Waals surface area contributed by atoms with Gasteiger partial charge >= 0.3 is 5.97 Å². The van der Waals surface area contributed by atoms with Gasteiger partial charge in [-0.05, 0) is 25.7 Å². The number of carbonyl (C=O) groups is 1. The van der Waals surface area contributed by atoms with Gasteiger partial charge in [0.05, 0.1) is 12.2 Å². The van der Waals surface area contributed by atoms with Crippen LogP contribution in [0.5, 0.6) is 0 Å². The lowest BCUT2D eigenvalue weighted by Gasteiger charge is -2.34. The van der Waals surface area contributed by atoms with Crippen LogP contribution in [0.15, 0.2) is 0 Å². The average molecular weight is 290 g/mol. The second-order valence-corrected chi connectivity index (χ2v) is 5.37. The fourth-order valence-corrected chi connectivity index (χ4v) is 2.94. The van der Waals surface area contributed by atoms with Gasteiger partial charge in [-0.2, -0.15) is 0 Å². The van der Waals surface area contributed by atoms with Crippen LogP contribution in [0.2, 0.25) is 0 Å². The van der Waals surface area contributed by atoms with Crippen LogP contribution in [-0.4, -0.2) is 55.5 Å². The van der Waals surface area contributed by atoms with E-state index in [0.29, 0.717) is 19.4 Å². The molecule has 1 fully saturated rings. The van der Waals surface area contributed by atoms with Crippen molar-refractivity contribution in [2.45, 2.75) is 38.2 Å². The maximum Gasteiger partial charge on any atom is 0.302 e. The first-order valence-electron chi connectivity index (χ1n) is 7.07. The minimum absolute atomic E-state index is 0.0496. The Labute approximate surface area is 120 Å². The van der Waals surface area contributed by atoms with E-state index < -0.39 is 5.60 Å². The molecule has 20 heavy (non-hydrogen) atoms. The van der Waals surface area contributed by atoms with Gasteiger partial charge in [0.2, 0.25) is 0 Å². The zero-order valence-corrected chi connectivity index (χ0v) is 12.3. The van der Waals surface area contributed by atoms with E-state index >= 15 is 0 Å². The number of esters is 1. The summed E-state index contributed by atoms with van der Waals surface area (Å²) in [6, 6.07) is 0. The Bertz CT molecular complexity index is 295. The molecule has 0 bridgehead atoms. The predicted octanol–water partition coefficient (Wildman–Crippen LogP) is 0.700. The second kappa shape index (κ2) is 8.56. The normalized spacial score (nSPS) is 29.6. The molecule has 0 saturated heterocycles. The SMILES string of the molecule is COCOCCC[C@@]1(O)[C@@H](CO)CC[C@H]1COC(C)=O. The van der Waals surface area contributed by atoms with Gasteiger partial charge in [0, 0.05) is 39.1 Å². The van der Waals surface area contributed by atoms with Crippen LogP contribution < -0.4 is 0 Å². The van der Waals surface area contributed by atoms with E-state index in [9.17, 15) is 15.0 Å².